The van der Waals surface area contributed by atoms with Crippen molar-refractivity contribution in [3.05, 3.63) is 0 Å². The molecule has 0 aliphatic carbocycles. The number of aliphatic hydroxyl groups is 1. The minimum absolute atomic E-state index is 0.254. The molecule has 3 nitrogen and oxygen atoms in total. The molecule has 0 saturated heterocycles. The maximum Gasteiger partial charge on any atom is 0.0662 e. The van der Waals surface area contributed by atoms with Gasteiger partial charge in [0.1, 0.15) is 0 Å². The van der Waals surface area contributed by atoms with Crippen LogP contribution in [0.4, 0.5) is 0 Å². The molecule has 0 radical (unpaired) electrons. The molecular weight excluding hydrogens is 186 g/mol. The van der Waals surface area contributed by atoms with Gasteiger partial charge in [0.05, 0.1) is 26.4 Å². The van der Waals surface area contributed by atoms with Crippen LogP contribution in [0.1, 0.15) is 13.8 Å². The normalized spacial score (nSPS) is 10.1. The molecule has 0 aliphatic rings. The molecule has 4 heteroatoms. The van der Waals surface area contributed by atoms with Crippen molar-refractivity contribution in [3.8, 4) is 0 Å². The lowest BCUT2D eigenvalue weighted by atomic mass is 10.5. The van der Waals surface area contributed by atoms with Crippen molar-refractivity contribution < 1.29 is 9.84 Å². The average Bonchev–Trinajstić information content (AvgIpc) is 2.09. The largest absolute Gasteiger partial charge is 0.396 e. The molecule has 0 spiro atoms. The molecule has 13 heavy (non-hydrogen) atoms. The highest BCUT2D eigenvalue weighted by Crippen LogP contribution is 1.97. The van der Waals surface area contributed by atoms with Crippen LogP contribution in [0.2, 0.25) is 0 Å². The topological polar surface area (TPSA) is 41.8 Å². The first kappa shape index (κ1) is 12.9. The van der Waals surface area contributed by atoms with Crippen molar-refractivity contribution in [2.24, 2.45) is 4.99 Å². The molecule has 0 aromatic rings. The molecular formula is C9H19NO2S. The first-order valence-corrected chi connectivity index (χ1v) is 5.67. The van der Waals surface area contributed by atoms with E-state index in [0.717, 1.165) is 30.4 Å². The standard InChI is InChI=1S/C9H19NO2S/c1-9(2)10-3-5-12-6-8-13-7-4-11/h11H,3-8H2,1-2H3. The molecule has 0 fully saturated rings. The van der Waals surface area contributed by atoms with Gasteiger partial charge in [0, 0.05) is 17.2 Å². The highest BCUT2D eigenvalue weighted by molar-refractivity contribution is 7.99. The minimum atomic E-state index is 0.254. The Labute approximate surface area is 84.6 Å². The third-order valence-electron chi connectivity index (χ3n) is 1.27. The first-order chi connectivity index (χ1) is 6.27. The van der Waals surface area contributed by atoms with Gasteiger partial charge in [-0.1, -0.05) is 0 Å². The van der Waals surface area contributed by atoms with Gasteiger partial charge in [-0.25, -0.2) is 0 Å². The fraction of sp³-hybridized carbons (Fsp3) is 0.889. The lowest BCUT2D eigenvalue weighted by molar-refractivity contribution is 0.158. The third-order valence-corrected chi connectivity index (χ3v) is 2.20. The van der Waals surface area contributed by atoms with Gasteiger partial charge in [-0.2, -0.15) is 11.8 Å². The van der Waals surface area contributed by atoms with Crippen LogP contribution in [0.25, 0.3) is 0 Å². The lowest BCUT2D eigenvalue weighted by Crippen LogP contribution is -2.03. The van der Waals surface area contributed by atoms with E-state index in [-0.39, 0.29) is 6.61 Å². The molecule has 0 aliphatic heterocycles. The van der Waals surface area contributed by atoms with Gasteiger partial charge >= 0.3 is 0 Å². The fourth-order valence-corrected chi connectivity index (χ4v) is 1.29. The number of hydrogen-bond acceptors (Lipinski definition) is 4. The van der Waals surface area contributed by atoms with E-state index in [4.69, 9.17) is 9.84 Å². The first-order valence-electron chi connectivity index (χ1n) is 4.51. The quantitative estimate of drug-likeness (QED) is 0.478. The van der Waals surface area contributed by atoms with Crippen molar-refractivity contribution in [2.45, 2.75) is 13.8 Å². The summed E-state index contributed by atoms with van der Waals surface area (Å²) in [4.78, 5) is 4.20. The molecule has 0 amide bonds. The summed E-state index contributed by atoms with van der Waals surface area (Å²) in [6, 6.07) is 0. The number of nitrogens with zero attached hydrogens (tertiary/aromatic N) is 1. The van der Waals surface area contributed by atoms with Crippen molar-refractivity contribution in [2.75, 3.05) is 37.9 Å². The molecule has 0 heterocycles. The summed E-state index contributed by atoms with van der Waals surface area (Å²) in [6.45, 7) is 6.43. The van der Waals surface area contributed by atoms with E-state index in [1.807, 2.05) is 13.8 Å². The summed E-state index contributed by atoms with van der Waals surface area (Å²) in [5.41, 5.74) is 1.10. The number of hydrogen-bond donors (Lipinski definition) is 1. The number of ether oxygens (including phenoxy) is 1. The molecule has 78 valence electrons. The monoisotopic (exact) mass is 205 g/mol. The smallest absolute Gasteiger partial charge is 0.0662 e. The molecule has 0 unspecified atom stereocenters. The molecule has 0 saturated carbocycles. The molecule has 0 rings (SSSR count). The molecule has 1 N–H and O–H groups in total. The van der Waals surface area contributed by atoms with Crippen LogP contribution < -0.4 is 0 Å². The second kappa shape index (κ2) is 10.0. The van der Waals surface area contributed by atoms with Gasteiger partial charge in [0.15, 0.2) is 0 Å². The zero-order valence-corrected chi connectivity index (χ0v) is 9.27. The second-order valence-electron chi connectivity index (χ2n) is 2.78. The summed E-state index contributed by atoms with van der Waals surface area (Å²) in [7, 11) is 0. The molecule has 0 bridgehead atoms. The number of thioether (sulfide) groups is 1. The summed E-state index contributed by atoms with van der Waals surface area (Å²) in [5.74, 6) is 1.75. The summed E-state index contributed by atoms with van der Waals surface area (Å²) < 4.78 is 5.32. The molecule has 0 aromatic heterocycles. The van der Waals surface area contributed by atoms with Gasteiger partial charge in [-0.15, -0.1) is 0 Å². The maximum absolute atomic E-state index is 8.49. The lowest BCUT2D eigenvalue weighted by Gasteiger charge is -2.01. The van der Waals surface area contributed by atoms with E-state index < -0.39 is 0 Å². The Hall–Kier alpha value is -0.0600. The Bertz CT molecular complexity index is 136. The number of rotatable bonds is 8. The Kier molecular flexibility index (Phi) is 9.98. The highest BCUT2D eigenvalue weighted by atomic mass is 32.2. The van der Waals surface area contributed by atoms with Crippen LogP contribution >= 0.6 is 11.8 Å². The summed E-state index contributed by atoms with van der Waals surface area (Å²) >= 11 is 1.71. The van der Waals surface area contributed by atoms with E-state index in [2.05, 4.69) is 4.99 Å². The van der Waals surface area contributed by atoms with Crippen molar-refractivity contribution in [3.63, 3.8) is 0 Å². The van der Waals surface area contributed by atoms with Crippen LogP contribution in [-0.2, 0) is 4.74 Å². The fourth-order valence-electron chi connectivity index (χ4n) is 0.720. The van der Waals surface area contributed by atoms with E-state index in [1.54, 1.807) is 11.8 Å². The van der Waals surface area contributed by atoms with Gasteiger partial charge in [-0.05, 0) is 13.8 Å². The maximum atomic E-state index is 8.49. The van der Waals surface area contributed by atoms with Crippen LogP contribution in [0.5, 0.6) is 0 Å². The van der Waals surface area contributed by atoms with Gasteiger partial charge < -0.3 is 9.84 Å². The molecule has 0 aromatic carbocycles. The molecule has 0 atom stereocenters. The summed E-state index contributed by atoms with van der Waals surface area (Å²) in [6.07, 6.45) is 0. The van der Waals surface area contributed by atoms with Crippen molar-refractivity contribution in [1.82, 2.24) is 0 Å². The van der Waals surface area contributed by atoms with Gasteiger partial charge in [-0.3, -0.25) is 4.99 Å². The number of aliphatic hydroxyl groups excluding tert-OH is 1. The Balaban J connectivity index is 2.96. The van der Waals surface area contributed by atoms with Crippen LogP contribution in [0.3, 0.4) is 0 Å². The Morgan fingerprint density at radius 1 is 1.31 bits per heavy atom. The predicted molar refractivity (Wildman–Crippen MR) is 58.9 cm³/mol. The Morgan fingerprint density at radius 2 is 2.08 bits per heavy atom. The van der Waals surface area contributed by atoms with Crippen LogP contribution in [0, 0.1) is 0 Å². The van der Waals surface area contributed by atoms with Crippen molar-refractivity contribution >= 4 is 17.5 Å². The van der Waals surface area contributed by atoms with E-state index >= 15 is 0 Å². The summed E-state index contributed by atoms with van der Waals surface area (Å²) in [5, 5.41) is 8.49. The van der Waals surface area contributed by atoms with E-state index in [0.29, 0.717) is 6.61 Å². The SMILES string of the molecule is CC(C)=NCCOCCSCCO. The highest BCUT2D eigenvalue weighted by Gasteiger charge is 1.89. The average molecular weight is 205 g/mol. The predicted octanol–water partition coefficient (Wildman–Crippen LogP) is 1.21. The van der Waals surface area contributed by atoms with E-state index in [1.165, 1.54) is 0 Å². The van der Waals surface area contributed by atoms with Gasteiger partial charge in [0.25, 0.3) is 0 Å². The second-order valence-corrected chi connectivity index (χ2v) is 4.00. The van der Waals surface area contributed by atoms with Crippen molar-refractivity contribution in [1.29, 1.82) is 0 Å². The zero-order chi connectivity index (χ0) is 9.94. The van der Waals surface area contributed by atoms with Crippen LogP contribution in [0.15, 0.2) is 4.99 Å². The minimum Gasteiger partial charge on any atom is -0.396 e. The van der Waals surface area contributed by atoms with E-state index in [9.17, 15) is 0 Å². The number of aliphatic imine (C=N–C) groups is 1. The van der Waals surface area contributed by atoms with Crippen LogP contribution in [-0.4, -0.2) is 48.7 Å². The van der Waals surface area contributed by atoms with Gasteiger partial charge in [0.2, 0.25) is 0 Å². The third kappa shape index (κ3) is 11.9. The zero-order valence-electron chi connectivity index (χ0n) is 8.45. The Morgan fingerprint density at radius 3 is 2.69 bits per heavy atom.